The zero-order chi connectivity index (χ0) is 13.4. The zero-order valence-electron chi connectivity index (χ0n) is 9.84. The number of amidine groups is 1. The van der Waals surface area contributed by atoms with E-state index < -0.39 is 0 Å². The highest BCUT2D eigenvalue weighted by atomic mass is 79.9. The molecular formula is C13H10BrN5. The van der Waals surface area contributed by atoms with Crippen molar-refractivity contribution in [3.8, 4) is 5.82 Å². The van der Waals surface area contributed by atoms with Crippen LogP contribution in [-0.4, -0.2) is 20.6 Å². The maximum atomic E-state index is 7.69. The molecule has 0 aliphatic heterocycles. The fourth-order valence-electron chi connectivity index (χ4n) is 1.90. The summed E-state index contributed by atoms with van der Waals surface area (Å²) in [5, 5.41) is 12.8. The molecule has 3 aromatic rings. The second-order valence-corrected chi connectivity index (χ2v) is 4.98. The molecule has 0 spiro atoms. The molecule has 3 N–H and O–H groups in total. The van der Waals surface area contributed by atoms with Crippen LogP contribution in [0.2, 0.25) is 0 Å². The van der Waals surface area contributed by atoms with Gasteiger partial charge in [0.25, 0.3) is 0 Å². The minimum absolute atomic E-state index is 0.0279. The van der Waals surface area contributed by atoms with Crippen LogP contribution in [0.25, 0.3) is 16.7 Å². The van der Waals surface area contributed by atoms with Gasteiger partial charge in [-0.1, -0.05) is 18.2 Å². The van der Waals surface area contributed by atoms with Crippen LogP contribution in [0.15, 0.2) is 47.2 Å². The van der Waals surface area contributed by atoms with Crippen LogP contribution >= 0.6 is 15.9 Å². The van der Waals surface area contributed by atoms with E-state index in [9.17, 15) is 0 Å². The summed E-state index contributed by atoms with van der Waals surface area (Å²) in [5.74, 6) is 0.525. The molecule has 2 heterocycles. The van der Waals surface area contributed by atoms with Crippen molar-refractivity contribution in [3.05, 3.63) is 52.8 Å². The van der Waals surface area contributed by atoms with Gasteiger partial charge in [0.2, 0.25) is 0 Å². The Balaban J connectivity index is 2.32. The lowest BCUT2D eigenvalue weighted by Crippen LogP contribution is -2.16. The number of hydrogen-bond acceptors (Lipinski definition) is 3. The van der Waals surface area contributed by atoms with Crippen LogP contribution in [0.4, 0.5) is 0 Å². The lowest BCUT2D eigenvalue weighted by molar-refractivity contribution is 0.849. The zero-order valence-corrected chi connectivity index (χ0v) is 11.4. The Labute approximate surface area is 117 Å². The maximum Gasteiger partial charge on any atom is 0.164 e. The summed E-state index contributed by atoms with van der Waals surface area (Å²) in [7, 11) is 0. The summed E-state index contributed by atoms with van der Waals surface area (Å²) in [6.07, 6.45) is 3.45. The smallest absolute Gasteiger partial charge is 0.164 e. The lowest BCUT2D eigenvalue weighted by Gasteiger charge is -2.09. The van der Waals surface area contributed by atoms with Gasteiger partial charge in [-0.05, 0) is 28.1 Å². The van der Waals surface area contributed by atoms with Crippen LogP contribution < -0.4 is 5.73 Å². The van der Waals surface area contributed by atoms with E-state index in [1.165, 1.54) is 0 Å². The second kappa shape index (κ2) is 4.47. The summed E-state index contributed by atoms with van der Waals surface area (Å²) < 4.78 is 2.45. The van der Waals surface area contributed by atoms with Crippen molar-refractivity contribution in [3.63, 3.8) is 0 Å². The van der Waals surface area contributed by atoms with Crippen molar-refractivity contribution in [2.75, 3.05) is 0 Å². The predicted octanol–water partition coefficient (Wildman–Crippen LogP) is 2.47. The van der Waals surface area contributed by atoms with E-state index in [1.54, 1.807) is 17.1 Å². The number of halogens is 1. The molecule has 0 radical (unpaired) electrons. The summed E-state index contributed by atoms with van der Waals surface area (Å²) >= 11 is 3.34. The molecule has 0 aliphatic carbocycles. The van der Waals surface area contributed by atoms with Gasteiger partial charge in [0.1, 0.15) is 5.84 Å². The number of rotatable bonds is 2. The van der Waals surface area contributed by atoms with Gasteiger partial charge in [-0.15, -0.1) is 0 Å². The summed E-state index contributed by atoms with van der Waals surface area (Å²) in [4.78, 5) is 4.54. The molecule has 1 aromatic carbocycles. The normalized spacial score (nSPS) is 10.8. The molecular weight excluding hydrogens is 306 g/mol. The van der Waals surface area contributed by atoms with Crippen LogP contribution in [-0.2, 0) is 0 Å². The molecule has 19 heavy (non-hydrogen) atoms. The van der Waals surface area contributed by atoms with Crippen molar-refractivity contribution in [2.45, 2.75) is 0 Å². The molecule has 2 aromatic heterocycles. The van der Waals surface area contributed by atoms with Gasteiger partial charge in [0.15, 0.2) is 5.82 Å². The summed E-state index contributed by atoms with van der Waals surface area (Å²) in [6.45, 7) is 0. The second-order valence-electron chi connectivity index (χ2n) is 4.07. The number of nitrogens with one attached hydrogen (secondary N) is 1. The lowest BCUT2D eigenvalue weighted by atomic mass is 10.1. The number of nitrogen functional groups attached to an aromatic ring is 1. The van der Waals surface area contributed by atoms with E-state index in [0.717, 1.165) is 15.4 Å². The number of aromatic nitrogens is 3. The fraction of sp³-hybridized carbons (Fsp3) is 0. The highest BCUT2D eigenvalue weighted by molar-refractivity contribution is 9.10. The molecule has 6 heteroatoms. The monoisotopic (exact) mass is 315 g/mol. The molecule has 0 unspecified atom stereocenters. The predicted molar refractivity (Wildman–Crippen MR) is 77.6 cm³/mol. The van der Waals surface area contributed by atoms with E-state index in [2.05, 4.69) is 26.0 Å². The van der Waals surface area contributed by atoms with Gasteiger partial charge < -0.3 is 5.73 Å². The quantitative estimate of drug-likeness (QED) is 0.563. The molecule has 0 saturated heterocycles. The molecule has 0 bridgehead atoms. The van der Waals surface area contributed by atoms with E-state index in [-0.39, 0.29) is 5.84 Å². The summed E-state index contributed by atoms with van der Waals surface area (Å²) in [6, 6.07) is 9.57. The minimum Gasteiger partial charge on any atom is -0.384 e. The first-order valence-corrected chi connectivity index (χ1v) is 6.39. The van der Waals surface area contributed by atoms with Crippen molar-refractivity contribution in [1.82, 2.24) is 14.8 Å². The Morgan fingerprint density at radius 2 is 2.11 bits per heavy atom. The Bertz CT molecular complexity index is 778. The molecule has 0 saturated carbocycles. The molecule has 0 amide bonds. The van der Waals surface area contributed by atoms with Crippen LogP contribution in [0, 0.1) is 5.41 Å². The van der Waals surface area contributed by atoms with Gasteiger partial charge in [-0.3, -0.25) is 5.41 Å². The summed E-state index contributed by atoms with van der Waals surface area (Å²) in [5.41, 5.74) is 7.05. The highest BCUT2D eigenvalue weighted by Gasteiger charge is 2.12. The Morgan fingerprint density at radius 1 is 1.32 bits per heavy atom. The number of hydrogen-bond donors (Lipinski definition) is 2. The van der Waals surface area contributed by atoms with E-state index in [1.807, 2.05) is 30.3 Å². The van der Waals surface area contributed by atoms with Gasteiger partial charge in [-0.2, -0.15) is 5.10 Å². The van der Waals surface area contributed by atoms with Crippen molar-refractivity contribution >= 4 is 32.7 Å². The highest BCUT2D eigenvalue weighted by Crippen LogP contribution is 2.20. The minimum atomic E-state index is -0.0279. The van der Waals surface area contributed by atoms with Crippen molar-refractivity contribution < 1.29 is 0 Å². The standard InChI is InChI=1S/C13H10BrN5/c14-9-6-17-19(7-9)13-10(12(15)16)5-8-3-1-2-4-11(8)18-13/h1-7H,(H3,15,16). The first-order chi connectivity index (χ1) is 9.15. The van der Waals surface area contributed by atoms with Gasteiger partial charge in [0, 0.05) is 11.6 Å². The van der Waals surface area contributed by atoms with Crippen molar-refractivity contribution in [2.24, 2.45) is 5.73 Å². The largest absolute Gasteiger partial charge is 0.384 e. The van der Waals surface area contributed by atoms with E-state index in [0.29, 0.717) is 11.4 Å². The van der Waals surface area contributed by atoms with Gasteiger partial charge in [0.05, 0.1) is 21.7 Å². The SMILES string of the molecule is N=C(N)c1cc2ccccc2nc1-n1cc(Br)cn1. The topological polar surface area (TPSA) is 80.6 Å². The molecule has 5 nitrogen and oxygen atoms in total. The first-order valence-electron chi connectivity index (χ1n) is 5.60. The molecule has 0 fully saturated rings. The third-order valence-corrected chi connectivity index (χ3v) is 3.17. The van der Waals surface area contributed by atoms with Crippen LogP contribution in [0.5, 0.6) is 0 Å². The fourth-order valence-corrected chi connectivity index (χ4v) is 2.18. The molecule has 0 atom stereocenters. The average molecular weight is 316 g/mol. The molecule has 94 valence electrons. The Hall–Kier alpha value is -2.21. The molecule has 3 rings (SSSR count). The van der Waals surface area contributed by atoms with Gasteiger partial charge in [-0.25, -0.2) is 9.67 Å². The van der Waals surface area contributed by atoms with Crippen LogP contribution in [0.1, 0.15) is 5.56 Å². The third-order valence-electron chi connectivity index (χ3n) is 2.76. The average Bonchev–Trinajstić information content (AvgIpc) is 2.83. The number of benzene rings is 1. The third kappa shape index (κ3) is 2.10. The number of fused-ring (bicyclic) bond motifs is 1. The maximum absolute atomic E-state index is 7.69. The number of para-hydroxylation sites is 1. The number of pyridine rings is 1. The number of nitrogens with zero attached hydrogens (tertiary/aromatic N) is 3. The van der Waals surface area contributed by atoms with Gasteiger partial charge >= 0.3 is 0 Å². The molecule has 0 aliphatic rings. The Kier molecular flexibility index (Phi) is 2.79. The Morgan fingerprint density at radius 3 is 2.79 bits per heavy atom. The first kappa shape index (κ1) is 11.9. The van der Waals surface area contributed by atoms with Crippen LogP contribution in [0.3, 0.4) is 0 Å². The van der Waals surface area contributed by atoms with E-state index in [4.69, 9.17) is 11.1 Å². The van der Waals surface area contributed by atoms with Crippen molar-refractivity contribution in [1.29, 1.82) is 5.41 Å². The van der Waals surface area contributed by atoms with E-state index >= 15 is 0 Å². The number of nitrogens with two attached hydrogens (primary N) is 1.